The highest BCUT2D eigenvalue weighted by atomic mass is 32.2. The third-order valence-electron chi connectivity index (χ3n) is 3.87. The van der Waals surface area contributed by atoms with Crippen LogP contribution in [0.25, 0.3) is 0 Å². The molecule has 0 spiro atoms. The lowest BCUT2D eigenvalue weighted by atomic mass is 10.1. The normalized spacial score (nSPS) is 18.9. The number of thioether (sulfide) groups is 1. The first-order valence-corrected chi connectivity index (χ1v) is 9.95. The highest BCUT2D eigenvalue weighted by Crippen LogP contribution is 2.47. The number of hydrogen-bond donors (Lipinski definition) is 0. The molecule has 1 fully saturated rings. The zero-order chi connectivity index (χ0) is 14.7. The average Bonchev–Trinajstić information content (AvgIpc) is 2.94. The summed E-state index contributed by atoms with van der Waals surface area (Å²) < 4.78 is 13.8. The SMILES string of the molecule is O=C1SCCC1CP(=O)(c1ccccc1)c1ccccc1. The van der Waals surface area contributed by atoms with Crippen LogP contribution in [-0.2, 0) is 9.36 Å². The maximum absolute atomic E-state index is 13.8. The second kappa shape index (κ2) is 6.21. The van der Waals surface area contributed by atoms with Crippen LogP contribution in [0.15, 0.2) is 60.7 Å². The summed E-state index contributed by atoms with van der Waals surface area (Å²) in [5, 5.41) is 1.89. The second-order valence-electron chi connectivity index (χ2n) is 5.25. The van der Waals surface area contributed by atoms with E-state index in [1.165, 1.54) is 11.8 Å². The maximum Gasteiger partial charge on any atom is 0.192 e. The van der Waals surface area contributed by atoms with E-state index >= 15 is 0 Å². The molecule has 1 aliphatic heterocycles. The van der Waals surface area contributed by atoms with Crippen LogP contribution in [0.4, 0.5) is 0 Å². The summed E-state index contributed by atoms with van der Waals surface area (Å²) in [6, 6.07) is 19.2. The van der Waals surface area contributed by atoms with Gasteiger partial charge in [0, 0.05) is 28.4 Å². The Hall–Kier alpha value is -1.31. The van der Waals surface area contributed by atoms with Crippen molar-refractivity contribution in [1.29, 1.82) is 0 Å². The summed E-state index contributed by atoms with van der Waals surface area (Å²) in [5.41, 5.74) is 0. The van der Waals surface area contributed by atoms with Gasteiger partial charge in [0.1, 0.15) is 7.14 Å². The summed E-state index contributed by atoms with van der Waals surface area (Å²) in [7, 11) is -2.74. The van der Waals surface area contributed by atoms with E-state index in [0.717, 1.165) is 22.8 Å². The minimum absolute atomic E-state index is 0.0822. The lowest BCUT2D eigenvalue weighted by Gasteiger charge is -2.21. The number of hydrogen-bond acceptors (Lipinski definition) is 3. The van der Waals surface area contributed by atoms with E-state index in [-0.39, 0.29) is 11.0 Å². The molecule has 0 saturated carbocycles. The fraction of sp³-hybridized carbons (Fsp3) is 0.235. The minimum atomic E-state index is -2.74. The first-order valence-electron chi connectivity index (χ1n) is 7.07. The van der Waals surface area contributed by atoms with E-state index in [2.05, 4.69) is 0 Å². The van der Waals surface area contributed by atoms with Gasteiger partial charge in [0.25, 0.3) is 0 Å². The van der Waals surface area contributed by atoms with Gasteiger partial charge in [-0.05, 0) is 6.42 Å². The first-order chi connectivity index (χ1) is 10.2. The Labute approximate surface area is 129 Å². The van der Waals surface area contributed by atoms with E-state index in [1.807, 2.05) is 60.7 Å². The molecular formula is C17H17O2PS. The van der Waals surface area contributed by atoms with Gasteiger partial charge < -0.3 is 4.57 Å². The van der Waals surface area contributed by atoms with Crippen LogP contribution >= 0.6 is 18.9 Å². The van der Waals surface area contributed by atoms with Gasteiger partial charge >= 0.3 is 0 Å². The molecule has 0 amide bonds. The average molecular weight is 316 g/mol. The molecule has 21 heavy (non-hydrogen) atoms. The monoisotopic (exact) mass is 316 g/mol. The standard InChI is InChI=1S/C17H17O2PS/c18-17-14(11-12-21-17)13-20(19,15-7-3-1-4-8-15)16-9-5-2-6-10-16/h1-10,14H,11-13H2. The van der Waals surface area contributed by atoms with Gasteiger partial charge in [0.05, 0.1) is 0 Å². The topological polar surface area (TPSA) is 34.1 Å². The third kappa shape index (κ3) is 3.00. The number of carbonyl (C=O) groups excluding carboxylic acids is 1. The van der Waals surface area contributed by atoms with E-state index < -0.39 is 7.14 Å². The zero-order valence-corrected chi connectivity index (χ0v) is 13.4. The molecule has 1 saturated heterocycles. The maximum atomic E-state index is 13.8. The number of benzene rings is 2. The summed E-state index contributed by atoms with van der Waals surface area (Å²) in [6.45, 7) is 0. The van der Waals surface area contributed by atoms with Crippen LogP contribution in [0.5, 0.6) is 0 Å². The molecule has 1 unspecified atom stereocenters. The number of rotatable bonds is 4. The predicted molar refractivity (Wildman–Crippen MR) is 90.2 cm³/mol. The highest BCUT2D eigenvalue weighted by molar-refractivity contribution is 8.14. The van der Waals surface area contributed by atoms with Gasteiger partial charge in [-0.1, -0.05) is 72.4 Å². The fourth-order valence-corrected chi connectivity index (χ4v) is 6.87. The van der Waals surface area contributed by atoms with Crippen molar-refractivity contribution < 1.29 is 9.36 Å². The van der Waals surface area contributed by atoms with Gasteiger partial charge in [0.2, 0.25) is 0 Å². The van der Waals surface area contributed by atoms with Crippen molar-refractivity contribution in [2.24, 2.45) is 5.92 Å². The van der Waals surface area contributed by atoms with Gasteiger partial charge in [-0.25, -0.2) is 0 Å². The van der Waals surface area contributed by atoms with Crippen molar-refractivity contribution in [3.05, 3.63) is 60.7 Å². The minimum Gasteiger partial charge on any atom is -0.314 e. The van der Waals surface area contributed by atoms with Crippen LogP contribution in [-0.4, -0.2) is 17.0 Å². The molecular weight excluding hydrogens is 299 g/mol. The molecule has 2 nitrogen and oxygen atoms in total. The third-order valence-corrected chi connectivity index (χ3v) is 8.15. The molecule has 0 radical (unpaired) electrons. The molecule has 0 aliphatic carbocycles. The molecule has 2 aromatic carbocycles. The second-order valence-corrected chi connectivity index (χ2v) is 9.22. The molecule has 0 aromatic heterocycles. The summed E-state index contributed by atoms with van der Waals surface area (Å²) in [5.74, 6) is 0.772. The smallest absolute Gasteiger partial charge is 0.192 e. The molecule has 1 heterocycles. The van der Waals surface area contributed by atoms with Crippen molar-refractivity contribution in [1.82, 2.24) is 0 Å². The fourth-order valence-electron chi connectivity index (χ4n) is 2.71. The summed E-state index contributed by atoms with van der Waals surface area (Å²) >= 11 is 1.38. The van der Waals surface area contributed by atoms with Crippen LogP contribution in [0.2, 0.25) is 0 Å². The summed E-state index contributed by atoms with van der Waals surface area (Å²) in [4.78, 5) is 12.0. The van der Waals surface area contributed by atoms with Crippen molar-refractivity contribution in [2.45, 2.75) is 6.42 Å². The van der Waals surface area contributed by atoms with Crippen molar-refractivity contribution in [3.8, 4) is 0 Å². The Morgan fingerprint density at radius 3 is 1.90 bits per heavy atom. The lowest BCUT2D eigenvalue weighted by molar-refractivity contribution is -0.113. The Kier molecular flexibility index (Phi) is 4.32. The van der Waals surface area contributed by atoms with Gasteiger partial charge in [-0.2, -0.15) is 0 Å². The quantitative estimate of drug-likeness (QED) is 0.812. The van der Waals surface area contributed by atoms with E-state index in [1.54, 1.807) is 0 Å². The Morgan fingerprint density at radius 1 is 0.952 bits per heavy atom. The van der Waals surface area contributed by atoms with E-state index in [0.29, 0.717) is 6.16 Å². The van der Waals surface area contributed by atoms with Crippen LogP contribution in [0.1, 0.15) is 6.42 Å². The van der Waals surface area contributed by atoms with Gasteiger partial charge in [-0.3, -0.25) is 4.79 Å². The summed E-state index contributed by atoms with van der Waals surface area (Å²) in [6.07, 6.45) is 1.29. The molecule has 3 rings (SSSR count). The van der Waals surface area contributed by atoms with Crippen molar-refractivity contribution in [2.75, 3.05) is 11.9 Å². The highest BCUT2D eigenvalue weighted by Gasteiger charge is 2.35. The van der Waals surface area contributed by atoms with E-state index in [4.69, 9.17) is 0 Å². The molecule has 2 aromatic rings. The van der Waals surface area contributed by atoms with Crippen molar-refractivity contribution in [3.63, 3.8) is 0 Å². The molecule has 108 valence electrons. The molecule has 0 N–H and O–H groups in total. The first kappa shape index (κ1) is 14.6. The molecule has 1 atom stereocenters. The Balaban J connectivity index is 2.03. The Bertz CT molecular complexity index is 626. The van der Waals surface area contributed by atoms with Gasteiger partial charge in [-0.15, -0.1) is 0 Å². The van der Waals surface area contributed by atoms with Crippen LogP contribution in [0.3, 0.4) is 0 Å². The lowest BCUT2D eigenvalue weighted by Crippen LogP contribution is -2.23. The molecule has 4 heteroatoms. The Morgan fingerprint density at radius 2 is 1.48 bits per heavy atom. The van der Waals surface area contributed by atoms with Crippen molar-refractivity contribution >= 4 is 34.6 Å². The predicted octanol–water partition coefficient (Wildman–Crippen LogP) is 3.28. The van der Waals surface area contributed by atoms with E-state index in [9.17, 15) is 9.36 Å². The zero-order valence-electron chi connectivity index (χ0n) is 11.6. The molecule has 1 aliphatic rings. The number of carbonyl (C=O) groups is 1. The molecule has 0 bridgehead atoms. The van der Waals surface area contributed by atoms with Gasteiger partial charge in [0.15, 0.2) is 5.12 Å². The largest absolute Gasteiger partial charge is 0.314 e. The van der Waals surface area contributed by atoms with Crippen LogP contribution < -0.4 is 10.6 Å². The van der Waals surface area contributed by atoms with Crippen LogP contribution in [0, 0.1) is 5.92 Å².